The lowest BCUT2D eigenvalue weighted by atomic mass is 9.90. The van der Waals surface area contributed by atoms with Crippen LogP contribution >= 0.6 is 0 Å². The molecule has 3 rings (SSSR count). The minimum Gasteiger partial charge on any atom is -0.496 e. The summed E-state index contributed by atoms with van der Waals surface area (Å²) in [7, 11) is 1.56. The Morgan fingerprint density at radius 3 is 2.88 bits per heavy atom. The number of benzene rings is 2. The summed E-state index contributed by atoms with van der Waals surface area (Å²) in [5.41, 5.74) is 4.09. The zero-order valence-corrected chi connectivity index (χ0v) is 14.5. The summed E-state index contributed by atoms with van der Waals surface area (Å²) >= 11 is 0. The topological polar surface area (TPSA) is 47.6 Å². The summed E-state index contributed by atoms with van der Waals surface area (Å²) in [6.07, 6.45) is 1.02. The second kappa shape index (κ2) is 7.66. The quantitative estimate of drug-likeness (QED) is 0.847. The van der Waals surface area contributed by atoms with E-state index < -0.39 is 0 Å². The first-order chi connectivity index (χ1) is 12.1. The molecule has 132 valence electrons. The molecule has 1 aliphatic rings. The van der Waals surface area contributed by atoms with Crippen LogP contribution in [0.4, 0.5) is 4.39 Å². The van der Waals surface area contributed by atoms with Gasteiger partial charge in [0, 0.05) is 17.7 Å². The molecule has 2 aromatic rings. The second-order valence-corrected chi connectivity index (χ2v) is 6.00. The number of carbonyl (C=O) groups is 1. The number of nitrogens with one attached hydrogen (secondary N) is 1. The molecule has 1 N–H and O–H groups in total. The van der Waals surface area contributed by atoms with Crippen LogP contribution in [0.25, 0.3) is 11.1 Å². The van der Waals surface area contributed by atoms with E-state index in [0.717, 1.165) is 29.7 Å². The van der Waals surface area contributed by atoms with Gasteiger partial charge in [0.1, 0.15) is 11.6 Å². The molecule has 5 heteroatoms. The Hall–Kier alpha value is -2.40. The standard InChI is InChI=1S/C20H22FNO3/c1-3-25-19(23)11-13-4-7-18(24-2)15(10-13)20-16-12-22-9-8-14(16)5-6-17(20)21/h4-7,10,22H,3,8-9,11-12H2,1-2H3. The molecular formula is C20H22FNO3. The van der Waals surface area contributed by atoms with Crippen molar-refractivity contribution in [1.82, 2.24) is 5.32 Å². The minimum absolute atomic E-state index is 0.153. The summed E-state index contributed by atoms with van der Waals surface area (Å²) in [6.45, 7) is 3.62. The zero-order valence-electron chi connectivity index (χ0n) is 14.5. The SMILES string of the molecule is CCOC(=O)Cc1ccc(OC)c(-c2c(F)ccc3c2CNCC3)c1. The number of fused-ring (bicyclic) bond motifs is 1. The Morgan fingerprint density at radius 1 is 1.28 bits per heavy atom. The third kappa shape index (κ3) is 3.66. The van der Waals surface area contributed by atoms with E-state index in [4.69, 9.17) is 9.47 Å². The number of hydrogen-bond acceptors (Lipinski definition) is 4. The van der Waals surface area contributed by atoms with Gasteiger partial charge in [-0.05, 0) is 54.8 Å². The van der Waals surface area contributed by atoms with Crippen LogP contribution in [-0.4, -0.2) is 26.2 Å². The van der Waals surface area contributed by atoms with Crippen molar-refractivity contribution in [3.8, 4) is 16.9 Å². The lowest BCUT2D eigenvalue weighted by Gasteiger charge is -2.22. The van der Waals surface area contributed by atoms with Crippen molar-refractivity contribution < 1.29 is 18.7 Å². The molecule has 0 saturated heterocycles. The molecule has 0 bridgehead atoms. The van der Waals surface area contributed by atoms with Crippen LogP contribution in [0.1, 0.15) is 23.6 Å². The molecule has 0 spiro atoms. The lowest BCUT2D eigenvalue weighted by Crippen LogP contribution is -2.24. The number of carbonyl (C=O) groups excluding carboxylic acids is 1. The summed E-state index contributed by atoms with van der Waals surface area (Å²) in [4.78, 5) is 11.8. The highest BCUT2D eigenvalue weighted by molar-refractivity contribution is 5.78. The van der Waals surface area contributed by atoms with Crippen LogP contribution in [0.3, 0.4) is 0 Å². The Balaban J connectivity index is 2.08. The van der Waals surface area contributed by atoms with Crippen molar-refractivity contribution >= 4 is 5.97 Å². The van der Waals surface area contributed by atoms with E-state index in [1.165, 1.54) is 6.07 Å². The fourth-order valence-corrected chi connectivity index (χ4v) is 3.27. The van der Waals surface area contributed by atoms with E-state index in [1.807, 2.05) is 18.2 Å². The normalized spacial score (nSPS) is 13.2. The summed E-state index contributed by atoms with van der Waals surface area (Å²) < 4.78 is 25.2. The molecule has 25 heavy (non-hydrogen) atoms. The van der Waals surface area contributed by atoms with Crippen molar-refractivity contribution in [2.45, 2.75) is 26.3 Å². The number of methoxy groups -OCH3 is 1. The smallest absolute Gasteiger partial charge is 0.310 e. The van der Waals surface area contributed by atoms with E-state index in [9.17, 15) is 9.18 Å². The van der Waals surface area contributed by atoms with Crippen molar-refractivity contribution in [3.05, 3.63) is 52.8 Å². The number of hydrogen-bond donors (Lipinski definition) is 1. The van der Waals surface area contributed by atoms with Gasteiger partial charge in [0.15, 0.2) is 0 Å². The summed E-state index contributed by atoms with van der Waals surface area (Å²) in [5.74, 6) is 0.00960. The first-order valence-corrected chi connectivity index (χ1v) is 8.48. The zero-order chi connectivity index (χ0) is 17.8. The van der Waals surface area contributed by atoms with Crippen LogP contribution in [0, 0.1) is 5.82 Å². The van der Waals surface area contributed by atoms with Crippen molar-refractivity contribution in [2.75, 3.05) is 20.3 Å². The van der Waals surface area contributed by atoms with Gasteiger partial charge in [-0.25, -0.2) is 4.39 Å². The maximum Gasteiger partial charge on any atom is 0.310 e. The van der Waals surface area contributed by atoms with Gasteiger partial charge in [-0.3, -0.25) is 4.79 Å². The van der Waals surface area contributed by atoms with Gasteiger partial charge in [0.25, 0.3) is 0 Å². The molecule has 0 aliphatic carbocycles. The molecule has 4 nitrogen and oxygen atoms in total. The molecular weight excluding hydrogens is 321 g/mol. The fraction of sp³-hybridized carbons (Fsp3) is 0.350. The van der Waals surface area contributed by atoms with Gasteiger partial charge < -0.3 is 14.8 Å². The molecule has 0 unspecified atom stereocenters. The van der Waals surface area contributed by atoms with Gasteiger partial charge in [-0.2, -0.15) is 0 Å². The van der Waals surface area contributed by atoms with Crippen LogP contribution in [-0.2, 0) is 28.9 Å². The third-order valence-corrected chi connectivity index (χ3v) is 4.42. The van der Waals surface area contributed by atoms with E-state index in [0.29, 0.717) is 30.0 Å². The molecule has 0 atom stereocenters. The van der Waals surface area contributed by atoms with Gasteiger partial charge >= 0.3 is 5.97 Å². The average Bonchev–Trinajstić information content (AvgIpc) is 2.62. The van der Waals surface area contributed by atoms with Gasteiger partial charge in [-0.15, -0.1) is 0 Å². The fourth-order valence-electron chi connectivity index (χ4n) is 3.27. The van der Waals surface area contributed by atoms with Gasteiger partial charge in [0.2, 0.25) is 0 Å². The Morgan fingerprint density at radius 2 is 2.12 bits per heavy atom. The van der Waals surface area contributed by atoms with Gasteiger partial charge in [0.05, 0.1) is 20.1 Å². The molecule has 0 radical (unpaired) electrons. The van der Waals surface area contributed by atoms with E-state index >= 15 is 0 Å². The van der Waals surface area contributed by atoms with Crippen LogP contribution in [0.5, 0.6) is 5.75 Å². The maximum absolute atomic E-state index is 14.7. The number of rotatable bonds is 5. The maximum atomic E-state index is 14.7. The van der Waals surface area contributed by atoms with E-state index in [-0.39, 0.29) is 18.2 Å². The first-order valence-electron chi connectivity index (χ1n) is 8.48. The Bertz CT molecular complexity index is 789. The largest absolute Gasteiger partial charge is 0.496 e. The third-order valence-electron chi connectivity index (χ3n) is 4.42. The predicted octanol–water partition coefficient (Wildman–Crippen LogP) is 3.25. The average molecular weight is 343 g/mol. The summed E-state index contributed by atoms with van der Waals surface area (Å²) in [6, 6.07) is 8.77. The Kier molecular flexibility index (Phi) is 5.34. The Labute approximate surface area is 147 Å². The molecule has 0 amide bonds. The van der Waals surface area contributed by atoms with Crippen LogP contribution in [0.2, 0.25) is 0 Å². The van der Waals surface area contributed by atoms with Crippen LogP contribution in [0.15, 0.2) is 30.3 Å². The molecule has 1 heterocycles. The van der Waals surface area contributed by atoms with E-state index in [1.54, 1.807) is 20.1 Å². The molecule has 0 saturated carbocycles. The lowest BCUT2D eigenvalue weighted by molar-refractivity contribution is -0.142. The second-order valence-electron chi connectivity index (χ2n) is 6.00. The predicted molar refractivity (Wildman–Crippen MR) is 94.1 cm³/mol. The molecule has 2 aromatic carbocycles. The monoisotopic (exact) mass is 343 g/mol. The molecule has 1 aliphatic heterocycles. The summed E-state index contributed by atoms with van der Waals surface area (Å²) in [5, 5.41) is 3.30. The highest BCUT2D eigenvalue weighted by atomic mass is 19.1. The number of esters is 1. The highest BCUT2D eigenvalue weighted by Gasteiger charge is 2.21. The minimum atomic E-state index is -0.296. The highest BCUT2D eigenvalue weighted by Crippen LogP contribution is 2.37. The number of ether oxygens (including phenoxy) is 2. The molecule has 0 aromatic heterocycles. The van der Waals surface area contributed by atoms with Crippen molar-refractivity contribution in [3.63, 3.8) is 0 Å². The van der Waals surface area contributed by atoms with Gasteiger partial charge in [-0.1, -0.05) is 12.1 Å². The number of halogens is 1. The van der Waals surface area contributed by atoms with Crippen LogP contribution < -0.4 is 10.1 Å². The van der Waals surface area contributed by atoms with Crippen molar-refractivity contribution in [1.29, 1.82) is 0 Å². The molecule has 0 fully saturated rings. The van der Waals surface area contributed by atoms with Crippen molar-refractivity contribution in [2.24, 2.45) is 0 Å². The first kappa shape index (κ1) is 17.4. The van der Waals surface area contributed by atoms with E-state index in [2.05, 4.69) is 5.32 Å².